The topological polar surface area (TPSA) is 29.1 Å². The van der Waals surface area contributed by atoms with Crippen LogP contribution in [0, 0.1) is 5.92 Å². The van der Waals surface area contributed by atoms with E-state index in [0.717, 1.165) is 25.0 Å². The standard InChI is InChI=1S/C12H11BrF3NO/c13-9-4-3-8(12(14,15)16)6-10(9)17-11(18)5-7-1-2-7/h3-4,6-7H,1-2,5H2,(H,17,18). The van der Waals surface area contributed by atoms with Gasteiger partial charge in [-0.1, -0.05) is 0 Å². The Kier molecular flexibility index (Phi) is 3.66. The van der Waals surface area contributed by atoms with Crippen molar-refractivity contribution in [2.75, 3.05) is 5.32 Å². The summed E-state index contributed by atoms with van der Waals surface area (Å²) in [6.07, 6.45) is -1.98. The molecule has 1 fully saturated rings. The highest BCUT2D eigenvalue weighted by Crippen LogP contribution is 2.35. The monoisotopic (exact) mass is 321 g/mol. The number of nitrogens with one attached hydrogen (secondary N) is 1. The van der Waals surface area contributed by atoms with E-state index >= 15 is 0 Å². The zero-order valence-corrected chi connectivity index (χ0v) is 10.9. The molecule has 1 saturated carbocycles. The number of hydrogen-bond donors (Lipinski definition) is 1. The van der Waals surface area contributed by atoms with Gasteiger partial charge in [-0.25, -0.2) is 0 Å². The number of halogens is 4. The molecule has 0 radical (unpaired) electrons. The molecule has 0 heterocycles. The Morgan fingerprint density at radius 1 is 1.39 bits per heavy atom. The first-order valence-electron chi connectivity index (χ1n) is 5.53. The Morgan fingerprint density at radius 2 is 2.06 bits per heavy atom. The fraction of sp³-hybridized carbons (Fsp3) is 0.417. The quantitative estimate of drug-likeness (QED) is 0.887. The van der Waals surface area contributed by atoms with Gasteiger partial charge in [0.25, 0.3) is 0 Å². The van der Waals surface area contributed by atoms with Gasteiger partial charge in [0.2, 0.25) is 5.91 Å². The lowest BCUT2D eigenvalue weighted by Gasteiger charge is -2.11. The minimum absolute atomic E-state index is 0.162. The Hall–Kier alpha value is -1.04. The van der Waals surface area contributed by atoms with Crippen molar-refractivity contribution in [3.63, 3.8) is 0 Å². The van der Waals surface area contributed by atoms with Crippen LogP contribution in [0.5, 0.6) is 0 Å². The average molecular weight is 322 g/mol. The molecular formula is C12H11BrF3NO. The van der Waals surface area contributed by atoms with E-state index in [1.54, 1.807) is 0 Å². The SMILES string of the molecule is O=C(CC1CC1)Nc1cc(C(F)(F)F)ccc1Br. The maximum absolute atomic E-state index is 12.5. The number of carbonyl (C=O) groups excluding carboxylic acids is 1. The number of anilines is 1. The normalized spacial score (nSPS) is 15.6. The van der Waals surface area contributed by atoms with E-state index < -0.39 is 11.7 Å². The lowest BCUT2D eigenvalue weighted by atomic mass is 10.2. The Labute approximate surface area is 111 Å². The Balaban J connectivity index is 2.12. The number of amides is 1. The molecule has 0 atom stereocenters. The highest BCUT2D eigenvalue weighted by molar-refractivity contribution is 9.10. The van der Waals surface area contributed by atoms with E-state index in [1.165, 1.54) is 6.07 Å². The van der Waals surface area contributed by atoms with Gasteiger partial charge in [-0.3, -0.25) is 4.79 Å². The number of rotatable bonds is 3. The molecule has 1 amide bonds. The van der Waals surface area contributed by atoms with Gasteiger partial charge in [-0.05, 0) is 52.9 Å². The van der Waals surface area contributed by atoms with E-state index in [-0.39, 0.29) is 11.6 Å². The summed E-state index contributed by atoms with van der Waals surface area (Å²) in [6, 6.07) is 3.20. The predicted octanol–water partition coefficient (Wildman–Crippen LogP) is 4.21. The summed E-state index contributed by atoms with van der Waals surface area (Å²) >= 11 is 3.13. The van der Waals surface area contributed by atoms with Crippen molar-refractivity contribution in [2.24, 2.45) is 5.92 Å². The van der Waals surface area contributed by atoms with Crippen LogP contribution in [0.3, 0.4) is 0 Å². The van der Waals surface area contributed by atoms with Gasteiger partial charge in [-0.2, -0.15) is 13.2 Å². The largest absolute Gasteiger partial charge is 0.416 e. The van der Waals surface area contributed by atoms with E-state index in [4.69, 9.17) is 0 Å². The number of hydrogen-bond acceptors (Lipinski definition) is 1. The summed E-state index contributed by atoms with van der Waals surface area (Å²) < 4.78 is 38.0. The molecule has 18 heavy (non-hydrogen) atoms. The van der Waals surface area contributed by atoms with Crippen LogP contribution in [-0.2, 0) is 11.0 Å². The van der Waals surface area contributed by atoms with Gasteiger partial charge >= 0.3 is 6.18 Å². The molecule has 2 rings (SSSR count). The van der Waals surface area contributed by atoms with Gasteiger partial charge in [0.15, 0.2) is 0 Å². The number of carbonyl (C=O) groups is 1. The summed E-state index contributed by atoms with van der Waals surface area (Å²) in [4.78, 5) is 11.6. The highest BCUT2D eigenvalue weighted by Gasteiger charge is 2.31. The van der Waals surface area contributed by atoms with E-state index in [9.17, 15) is 18.0 Å². The van der Waals surface area contributed by atoms with Crippen molar-refractivity contribution in [1.29, 1.82) is 0 Å². The van der Waals surface area contributed by atoms with Crippen molar-refractivity contribution in [2.45, 2.75) is 25.4 Å². The molecule has 0 saturated heterocycles. The molecule has 0 aromatic heterocycles. The molecule has 6 heteroatoms. The van der Waals surface area contributed by atoms with Gasteiger partial charge in [0.05, 0.1) is 11.3 Å². The second kappa shape index (κ2) is 4.91. The molecule has 0 aliphatic heterocycles. The first-order chi connectivity index (χ1) is 8.36. The Morgan fingerprint density at radius 3 is 2.61 bits per heavy atom. The minimum Gasteiger partial charge on any atom is -0.325 e. The fourth-order valence-corrected chi connectivity index (χ4v) is 1.93. The zero-order chi connectivity index (χ0) is 13.3. The Bertz CT molecular complexity index is 469. The molecule has 98 valence electrons. The second-order valence-electron chi connectivity index (χ2n) is 4.39. The summed E-state index contributed by atoms with van der Waals surface area (Å²) in [5.74, 6) is 0.159. The van der Waals surface area contributed by atoms with E-state index in [1.807, 2.05) is 0 Å². The van der Waals surface area contributed by atoms with Gasteiger partial charge in [0, 0.05) is 10.9 Å². The summed E-state index contributed by atoms with van der Waals surface area (Å²) in [6.45, 7) is 0. The molecule has 1 N–H and O–H groups in total. The van der Waals surface area contributed by atoms with Crippen molar-refractivity contribution < 1.29 is 18.0 Å². The van der Waals surface area contributed by atoms with Crippen LogP contribution < -0.4 is 5.32 Å². The van der Waals surface area contributed by atoms with Crippen molar-refractivity contribution >= 4 is 27.5 Å². The fourth-order valence-electron chi connectivity index (χ4n) is 1.58. The maximum Gasteiger partial charge on any atom is 0.416 e. The average Bonchev–Trinajstić information content (AvgIpc) is 3.03. The molecule has 1 aliphatic carbocycles. The van der Waals surface area contributed by atoms with Crippen LogP contribution in [0.1, 0.15) is 24.8 Å². The number of alkyl halides is 3. The first-order valence-corrected chi connectivity index (χ1v) is 6.32. The van der Waals surface area contributed by atoms with Crippen LogP contribution >= 0.6 is 15.9 Å². The van der Waals surface area contributed by atoms with Gasteiger partial charge < -0.3 is 5.32 Å². The molecule has 1 aromatic rings. The molecule has 0 unspecified atom stereocenters. The third-order valence-corrected chi connectivity index (χ3v) is 3.43. The lowest BCUT2D eigenvalue weighted by molar-refractivity contribution is -0.137. The third kappa shape index (κ3) is 3.48. The third-order valence-electron chi connectivity index (χ3n) is 2.74. The predicted molar refractivity (Wildman–Crippen MR) is 65.1 cm³/mol. The van der Waals surface area contributed by atoms with Crippen molar-refractivity contribution in [3.05, 3.63) is 28.2 Å². The maximum atomic E-state index is 12.5. The van der Waals surface area contributed by atoms with Gasteiger partial charge in [-0.15, -0.1) is 0 Å². The van der Waals surface area contributed by atoms with Crippen LogP contribution in [0.15, 0.2) is 22.7 Å². The van der Waals surface area contributed by atoms with Crippen LogP contribution in [-0.4, -0.2) is 5.91 Å². The number of benzene rings is 1. The molecular weight excluding hydrogens is 311 g/mol. The summed E-state index contributed by atoms with van der Waals surface area (Å²) in [5.41, 5.74) is -0.608. The highest BCUT2D eigenvalue weighted by atomic mass is 79.9. The second-order valence-corrected chi connectivity index (χ2v) is 5.24. The summed E-state index contributed by atoms with van der Waals surface area (Å²) in [7, 11) is 0. The summed E-state index contributed by atoms with van der Waals surface area (Å²) in [5, 5.41) is 2.51. The van der Waals surface area contributed by atoms with E-state index in [0.29, 0.717) is 16.8 Å². The molecule has 0 spiro atoms. The van der Waals surface area contributed by atoms with Crippen molar-refractivity contribution in [3.8, 4) is 0 Å². The molecule has 1 aromatic carbocycles. The van der Waals surface area contributed by atoms with Crippen molar-refractivity contribution in [1.82, 2.24) is 0 Å². The molecule has 0 bridgehead atoms. The molecule has 2 nitrogen and oxygen atoms in total. The smallest absolute Gasteiger partial charge is 0.325 e. The first kappa shape index (κ1) is 13.4. The van der Waals surface area contributed by atoms with Crippen LogP contribution in [0.2, 0.25) is 0 Å². The molecule has 1 aliphatic rings. The zero-order valence-electron chi connectivity index (χ0n) is 9.35. The van der Waals surface area contributed by atoms with E-state index in [2.05, 4.69) is 21.2 Å². The lowest BCUT2D eigenvalue weighted by Crippen LogP contribution is -2.13. The van der Waals surface area contributed by atoms with Crippen LogP contribution in [0.25, 0.3) is 0 Å². The van der Waals surface area contributed by atoms with Crippen LogP contribution in [0.4, 0.5) is 18.9 Å². The minimum atomic E-state index is -4.41. The van der Waals surface area contributed by atoms with Gasteiger partial charge in [0.1, 0.15) is 0 Å².